The van der Waals surface area contributed by atoms with Crippen LogP contribution in [0.25, 0.3) is 22.5 Å². The average Bonchev–Trinajstić information content (AvgIpc) is 3.54. The Morgan fingerprint density at radius 1 is 0.973 bits per heavy atom. The number of benzene rings is 2. The van der Waals surface area contributed by atoms with Crippen LogP contribution in [-0.2, 0) is 23.9 Å². The number of hydrogen-bond donors (Lipinski definition) is 1. The van der Waals surface area contributed by atoms with Gasteiger partial charge in [0.2, 0.25) is 0 Å². The zero-order valence-electron chi connectivity index (χ0n) is 22.3. The minimum absolute atomic E-state index is 0.0433. The van der Waals surface area contributed by atoms with Gasteiger partial charge in [0.1, 0.15) is 0 Å². The molecule has 0 amide bonds. The molecule has 7 rings (SSSR count). The molecule has 1 fully saturated rings. The van der Waals surface area contributed by atoms with Gasteiger partial charge in [-0.25, -0.2) is 9.78 Å². The van der Waals surface area contributed by atoms with Crippen molar-refractivity contribution in [2.45, 2.75) is 83.7 Å². The molecule has 0 saturated heterocycles. The minimum atomic E-state index is -0.0568. The number of hydrogen-bond acceptors (Lipinski definition) is 4. The van der Waals surface area contributed by atoms with Gasteiger partial charge in [-0.3, -0.25) is 9.48 Å². The third-order valence-electron chi connectivity index (χ3n) is 9.12. The van der Waals surface area contributed by atoms with E-state index < -0.39 is 0 Å². The van der Waals surface area contributed by atoms with E-state index in [0.717, 1.165) is 66.3 Å². The second-order valence-electron chi connectivity index (χ2n) is 11.5. The lowest BCUT2D eigenvalue weighted by Gasteiger charge is -2.56. The first-order chi connectivity index (χ1) is 17.9. The number of aromatic amines is 1. The lowest BCUT2D eigenvalue weighted by Crippen LogP contribution is -2.60. The highest BCUT2D eigenvalue weighted by Crippen LogP contribution is 2.52. The Morgan fingerprint density at radius 3 is 2.30 bits per heavy atom. The Hall–Kier alpha value is -3.48. The molecule has 0 unspecified atom stereocenters. The van der Waals surface area contributed by atoms with Crippen LogP contribution >= 0.6 is 0 Å². The molecule has 37 heavy (non-hydrogen) atoms. The van der Waals surface area contributed by atoms with E-state index >= 15 is 0 Å². The highest BCUT2D eigenvalue weighted by Gasteiger charge is 2.53. The standard InChI is InChI=1S/C30H36N6O/c1-5-8-26-25(28(37)36-30(20(2)3)17-15-29(4,16-18-30)35(26)36)19-21-11-13-22(14-12-21)23-9-6-7-10-24(23)27-31-33-34-32-27/h6-7,9-14,20H,5,8,15-19H2,1-4H3,(H,31,32,33,34). The molecule has 2 aromatic carbocycles. The van der Waals surface area contributed by atoms with E-state index in [1.165, 1.54) is 5.69 Å². The summed E-state index contributed by atoms with van der Waals surface area (Å²) in [5.74, 6) is 1.09. The lowest BCUT2D eigenvalue weighted by molar-refractivity contribution is -0.0421. The van der Waals surface area contributed by atoms with Crippen LogP contribution in [0.1, 0.15) is 76.6 Å². The molecule has 0 atom stereocenters. The third kappa shape index (κ3) is 3.62. The van der Waals surface area contributed by atoms with Crippen molar-refractivity contribution in [1.82, 2.24) is 30.0 Å². The van der Waals surface area contributed by atoms with Crippen LogP contribution in [0.2, 0.25) is 0 Å². The third-order valence-corrected chi connectivity index (χ3v) is 9.12. The van der Waals surface area contributed by atoms with Crippen molar-refractivity contribution in [2.24, 2.45) is 5.92 Å². The second-order valence-corrected chi connectivity index (χ2v) is 11.5. The zero-order valence-corrected chi connectivity index (χ0v) is 22.3. The summed E-state index contributed by atoms with van der Waals surface area (Å²) in [4.78, 5) is 14.1. The Kier molecular flexibility index (Phi) is 5.70. The highest BCUT2D eigenvalue weighted by atomic mass is 16.1. The molecule has 1 N–H and O–H groups in total. The van der Waals surface area contributed by atoms with E-state index in [0.29, 0.717) is 18.2 Å². The number of rotatable bonds is 7. The van der Waals surface area contributed by atoms with Crippen LogP contribution in [0.5, 0.6) is 0 Å². The van der Waals surface area contributed by atoms with E-state index in [1.807, 2.05) is 18.2 Å². The first kappa shape index (κ1) is 23.9. The van der Waals surface area contributed by atoms with Gasteiger partial charge < -0.3 is 0 Å². The van der Waals surface area contributed by atoms with Crippen LogP contribution in [-0.4, -0.2) is 30.0 Å². The largest absolute Gasteiger partial charge is 0.280 e. The first-order valence-corrected chi connectivity index (χ1v) is 13.7. The van der Waals surface area contributed by atoms with Gasteiger partial charge in [0, 0.05) is 23.2 Å². The summed E-state index contributed by atoms with van der Waals surface area (Å²) in [6.07, 6.45) is 7.16. The van der Waals surface area contributed by atoms with Gasteiger partial charge >= 0.3 is 0 Å². The topological polar surface area (TPSA) is 81.4 Å². The maximum absolute atomic E-state index is 14.1. The summed E-state index contributed by atoms with van der Waals surface area (Å²) >= 11 is 0. The summed E-state index contributed by atoms with van der Waals surface area (Å²) in [7, 11) is 0. The highest BCUT2D eigenvalue weighted by molar-refractivity contribution is 5.80. The summed E-state index contributed by atoms with van der Waals surface area (Å²) in [6, 6.07) is 16.7. The number of H-pyrrole nitrogens is 1. The van der Waals surface area contributed by atoms with Gasteiger partial charge in [-0.05, 0) is 72.1 Å². The fourth-order valence-corrected chi connectivity index (χ4v) is 6.92. The maximum atomic E-state index is 14.1. The summed E-state index contributed by atoms with van der Waals surface area (Å²) in [5, 5.41) is 14.4. The van der Waals surface area contributed by atoms with Crippen molar-refractivity contribution >= 4 is 0 Å². The second kappa shape index (κ2) is 8.82. The fourth-order valence-electron chi connectivity index (χ4n) is 6.92. The zero-order chi connectivity index (χ0) is 25.8. The van der Waals surface area contributed by atoms with Gasteiger partial charge in [0.25, 0.3) is 5.56 Å². The molecule has 2 aliphatic heterocycles. The van der Waals surface area contributed by atoms with Crippen LogP contribution in [0.3, 0.4) is 0 Å². The number of fused-ring (bicyclic) bond motifs is 2. The van der Waals surface area contributed by atoms with E-state index in [1.54, 1.807) is 0 Å². The van der Waals surface area contributed by atoms with Crippen molar-refractivity contribution in [3.05, 3.63) is 75.7 Å². The molecule has 0 radical (unpaired) electrons. The SMILES string of the molecule is CCCc1c(Cc2ccc(-c3ccccc3-c3nnn[nH]3)cc2)c(=O)n2n1C1(C)CCC2(C(C)C)CC1. The van der Waals surface area contributed by atoms with E-state index in [4.69, 9.17) is 0 Å². The molecule has 192 valence electrons. The van der Waals surface area contributed by atoms with Crippen molar-refractivity contribution in [3.8, 4) is 22.5 Å². The molecule has 0 spiro atoms. The predicted molar refractivity (Wildman–Crippen MR) is 145 cm³/mol. The molecule has 1 aliphatic carbocycles. The molecule has 7 nitrogen and oxygen atoms in total. The van der Waals surface area contributed by atoms with Crippen LogP contribution in [0.15, 0.2) is 53.3 Å². The van der Waals surface area contributed by atoms with Gasteiger partial charge in [0.05, 0.1) is 11.1 Å². The van der Waals surface area contributed by atoms with Gasteiger partial charge in [-0.15, -0.1) is 5.10 Å². The van der Waals surface area contributed by atoms with Crippen LogP contribution < -0.4 is 5.56 Å². The van der Waals surface area contributed by atoms with Crippen molar-refractivity contribution in [3.63, 3.8) is 0 Å². The Morgan fingerprint density at radius 2 is 1.68 bits per heavy atom. The van der Waals surface area contributed by atoms with E-state index in [2.05, 4.69) is 88.0 Å². The fraction of sp³-hybridized carbons (Fsp3) is 0.467. The number of nitrogens with one attached hydrogen (secondary N) is 1. The Labute approximate surface area is 217 Å². The minimum Gasteiger partial charge on any atom is -0.280 e. The molecule has 2 aromatic heterocycles. The summed E-state index contributed by atoms with van der Waals surface area (Å²) in [5.41, 5.74) is 6.76. The van der Waals surface area contributed by atoms with Crippen LogP contribution in [0, 0.1) is 5.92 Å². The molecule has 3 aliphatic rings. The Bertz CT molecular complexity index is 1470. The van der Waals surface area contributed by atoms with E-state index in [9.17, 15) is 4.79 Å². The van der Waals surface area contributed by atoms with Gasteiger partial charge in [0.15, 0.2) is 5.82 Å². The molecule has 4 aromatic rings. The van der Waals surface area contributed by atoms with Crippen molar-refractivity contribution < 1.29 is 0 Å². The number of nitrogens with zero attached hydrogens (tertiary/aromatic N) is 5. The van der Waals surface area contributed by atoms with Crippen molar-refractivity contribution in [2.75, 3.05) is 0 Å². The first-order valence-electron chi connectivity index (χ1n) is 13.7. The van der Waals surface area contributed by atoms with Gasteiger partial charge in [-0.1, -0.05) is 75.7 Å². The molecule has 7 heteroatoms. The predicted octanol–water partition coefficient (Wildman–Crippen LogP) is 5.69. The smallest absolute Gasteiger partial charge is 0.271 e. The molecule has 1 saturated carbocycles. The monoisotopic (exact) mass is 496 g/mol. The number of tetrazole rings is 1. The molecular weight excluding hydrogens is 460 g/mol. The van der Waals surface area contributed by atoms with Crippen LogP contribution in [0.4, 0.5) is 0 Å². The normalized spacial score (nSPS) is 22.5. The number of aromatic nitrogens is 6. The Balaban J connectivity index is 1.40. The average molecular weight is 497 g/mol. The quantitative estimate of drug-likeness (QED) is 0.356. The lowest BCUT2D eigenvalue weighted by atomic mass is 9.66. The van der Waals surface area contributed by atoms with E-state index in [-0.39, 0.29) is 16.6 Å². The van der Waals surface area contributed by atoms with Crippen molar-refractivity contribution in [1.29, 1.82) is 0 Å². The summed E-state index contributed by atoms with van der Waals surface area (Å²) < 4.78 is 4.66. The maximum Gasteiger partial charge on any atom is 0.271 e. The molecule has 2 bridgehead atoms. The molecule has 4 heterocycles. The summed E-state index contributed by atoms with van der Waals surface area (Å²) in [6.45, 7) is 9.17. The van der Waals surface area contributed by atoms with Gasteiger partial charge in [-0.2, -0.15) is 0 Å². The molecular formula is C30H36N6O.